The number of hydrogen-bond acceptors (Lipinski definition) is 0. The molecule has 0 aromatic heterocycles. The largest absolute Gasteiger partial charge is 0.0843 e. The molecule has 0 aliphatic carbocycles. The van der Waals surface area contributed by atoms with Gasteiger partial charge in [0.05, 0.1) is 0 Å². The zero-order chi connectivity index (χ0) is 13.1. The summed E-state index contributed by atoms with van der Waals surface area (Å²) in [5.41, 5.74) is 2.39. The normalized spacial score (nSPS) is 12.4. The lowest BCUT2D eigenvalue weighted by Gasteiger charge is -2.11. The highest BCUT2D eigenvalue weighted by atomic mass is 79.9. The molecule has 2 aromatic carbocycles. The minimum Gasteiger partial charge on any atom is -0.0843 e. The Hall–Kier alpha value is -0.0200. The van der Waals surface area contributed by atoms with Crippen LogP contribution in [0.3, 0.4) is 0 Å². The Balaban J connectivity index is 2.16. The van der Waals surface area contributed by atoms with Gasteiger partial charge in [0.25, 0.3) is 0 Å². The molecule has 4 heteroatoms. The summed E-state index contributed by atoms with van der Waals surface area (Å²) in [6, 6.07) is 13.8. The summed E-state index contributed by atoms with van der Waals surface area (Å²) >= 11 is 19.1. The molecule has 18 heavy (non-hydrogen) atoms. The van der Waals surface area contributed by atoms with Gasteiger partial charge < -0.3 is 0 Å². The van der Waals surface area contributed by atoms with Crippen LogP contribution in [0, 0.1) is 0 Å². The number of rotatable bonds is 3. The first kappa shape index (κ1) is 14.4. The van der Waals surface area contributed by atoms with Crippen LogP contribution >= 0.6 is 55.1 Å². The van der Waals surface area contributed by atoms with E-state index in [1.165, 1.54) is 5.56 Å². The Morgan fingerprint density at radius 3 is 2.22 bits per heavy atom. The SMILES string of the molecule is Clc1ccc(CC(Br)c2cc(Cl)cc(Br)c2)cc1. The molecular weight excluding hydrogens is 399 g/mol. The van der Waals surface area contributed by atoms with Gasteiger partial charge in [-0.15, -0.1) is 0 Å². The molecule has 0 saturated heterocycles. The van der Waals surface area contributed by atoms with Crippen LogP contribution < -0.4 is 0 Å². The topological polar surface area (TPSA) is 0 Å². The molecule has 94 valence electrons. The third-order valence-corrected chi connectivity index (χ3v) is 4.36. The minimum atomic E-state index is 0.230. The maximum absolute atomic E-state index is 6.05. The lowest BCUT2D eigenvalue weighted by atomic mass is 10.0. The molecule has 0 aliphatic heterocycles. The van der Waals surface area contributed by atoms with Gasteiger partial charge >= 0.3 is 0 Å². The average Bonchev–Trinajstić information content (AvgIpc) is 2.31. The first-order chi connectivity index (χ1) is 8.54. The second-order valence-corrected chi connectivity index (χ2v) is 6.89. The molecule has 1 unspecified atom stereocenters. The molecule has 0 fully saturated rings. The smallest absolute Gasteiger partial charge is 0.0436 e. The maximum atomic E-state index is 6.05. The van der Waals surface area contributed by atoms with Crippen LogP contribution in [0.4, 0.5) is 0 Å². The van der Waals surface area contributed by atoms with Crippen molar-refractivity contribution in [3.8, 4) is 0 Å². The summed E-state index contributed by atoms with van der Waals surface area (Å²) in [6.07, 6.45) is 0.893. The molecule has 2 aromatic rings. The Bertz CT molecular complexity index is 518. The van der Waals surface area contributed by atoms with Crippen LogP contribution in [0.2, 0.25) is 10.0 Å². The molecule has 2 rings (SSSR count). The van der Waals surface area contributed by atoms with Crippen molar-refractivity contribution in [2.75, 3.05) is 0 Å². The molecule has 0 amide bonds. The summed E-state index contributed by atoms with van der Waals surface area (Å²) in [7, 11) is 0. The van der Waals surface area contributed by atoms with Crippen molar-refractivity contribution in [3.63, 3.8) is 0 Å². The standard InChI is InChI=1S/C14H10Br2Cl2/c15-11-6-10(7-13(18)8-11)14(16)5-9-1-3-12(17)4-2-9/h1-4,6-8,14H,5H2. The Morgan fingerprint density at radius 2 is 1.61 bits per heavy atom. The third-order valence-electron chi connectivity index (χ3n) is 2.57. The molecule has 0 spiro atoms. The van der Waals surface area contributed by atoms with Crippen LogP contribution in [0.15, 0.2) is 46.9 Å². The van der Waals surface area contributed by atoms with E-state index in [0.29, 0.717) is 0 Å². The van der Waals surface area contributed by atoms with E-state index in [1.54, 1.807) is 0 Å². The number of halogens is 4. The molecule has 0 aliphatic rings. The predicted octanol–water partition coefficient (Wildman–Crippen LogP) is 6.43. The van der Waals surface area contributed by atoms with Crippen LogP contribution in [0.25, 0.3) is 0 Å². The Kier molecular flexibility index (Phi) is 5.14. The van der Waals surface area contributed by atoms with Gasteiger partial charge in [0.1, 0.15) is 0 Å². The van der Waals surface area contributed by atoms with Crippen molar-refractivity contribution in [1.82, 2.24) is 0 Å². The third kappa shape index (κ3) is 3.99. The summed E-state index contributed by atoms with van der Waals surface area (Å²) in [5, 5.41) is 1.50. The van der Waals surface area contributed by atoms with E-state index in [4.69, 9.17) is 23.2 Å². The highest BCUT2D eigenvalue weighted by Crippen LogP contribution is 2.31. The quantitative estimate of drug-likeness (QED) is 0.513. The van der Waals surface area contributed by atoms with E-state index < -0.39 is 0 Å². The van der Waals surface area contributed by atoms with E-state index in [1.807, 2.05) is 36.4 Å². The van der Waals surface area contributed by atoms with Gasteiger partial charge in [-0.25, -0.2) is 0 Å². The summed E-state index contributed by atoms with van der Waals surface area (Å²) < 4.78 is 0.991. The molecule has 0 N–H and O–H groups in total. The molecule has 0 saturated carbocycles. The Labute approximate surface area is 134 Å². The molecule has 0 bridgehead atoms. The van der Waals surface area contributed by atoms with Gasteiger partial charge in [0.15, 0.2) is 0 Å². The first-order valence-electron chi connectivity index (χ1n) is 5.39. The van der Waals surface area contributed by atoms with Crippen molar-refractivity contribution in [2.45, 2.75) is 11.2 Å². The van der Waals surface area contributed by atoms with Crippen molar-refractivity contribution in [1.29, 1.82) is 0 Å². The van der Waals surface area contributed by atoms with E-state index >= 15 is 0 Å². The van der Waals surface area contributed by atoms with Gasteiger partial charge in [-0.2, -0.15) is 0 Å². The zero-order valence-electron chi connectivity index (χ0n) is 9.34. The second kappa shape index (κ2) is 6.42. The number of benzene rings is 2. The summed E-state index contributed by atoms with van der Waals surface area (Å²) in [5.74, 6) is 0. The van der Waals surface area contributed by atoms with E-state index in [0.717, 1.165) is 26.5 Å². The highest BCUT2D eigenvalue weighted by Gasteiger charge is 2.10. The molecular formula is C14H10Br2Cl2. The lowest BCUT2D eigenvalue weighted by molar-refractivity contribution is 0.948. The van der Waals surface area contributed by atoms with Gasteiger partial charge in [-0.1, -0.05) is 67.2 Å². The average molecular weight is 409 g/mol. The van der Waals surface area contributed by atoms with Crippen molar-refractivity contribution >= 4 is 55.1 Å². The monoisotopic (exact) mass is 406 g/mol. The molecule has 1 atom stereocenters. The summed E-state index contributed by atoms with van der Waals surface area (Å²) in [6.45, 7) is 0. The minimum absolute atomic E-state index is 0.230. The van der Waals surface area contributed by atoms with Crippen molar-refractivity contribution in [2.24, 2.45) is 0 Å². The first-order valence-corrected chi connectivity index (χ1v) is 7.85. The van der Waals surface area contributed by atoms with E-state index in [9.17, 15) is 0 Å². The van der Waals surface area contributed by atoms with Gasteiger partial charge in [-0.05, 0) is 47.9 Å². The van der Waals surface area contributed by atoms with E-state index in [-0.39, 0.29) is 4.83 Å². The fourth-order valence-electron chi connectivity index (χ4n) is 1.70. The van der Waals surface area contributed by atoms with Crippen molar-refractivity contribution in [3.05, 3.63) is 68.1 Å². The van der Waals surface area contributed by atoms with Crippen molar-refractivity contribution < 1.29 is 0 Å². The number of alkyl halides is 1. The van der Waals surface area contributed by atoms with Gasteiger partial charge in [0, 0.05) is 19.3 Å². The Morgan fingerprint density at radius 1 is 0.944 bits per heavy atom. The maximum Gasteiger partial charge on any atom is 0.0436 e. The fourth-order valence-corrected chi connectivity index (χ4v) is 3.35. The lowest BCUT2D eigenvalue weighted by Crippen LogP contribution is -1.95. The second-order valence-electron chi connectivity index (χ2n) is 4.00. The van der Waals surface area contributed by atoms with Crippen LogP contribution in [-0.2, 0) is 6.42 Å². The zero-order valence-corrected chi connectivity index (χ0v) is 14.0. The number of hydrogen-bond donors (Lipinski definition) is 0. The summed E-state index contributed by atoms with van der Waals surface area (Å²) in [4.78, 5) is 0.230. The highest BCUT2D eigenvalue weighted by molar-refractivity contribution is 9.10. The van der Waals surface area contributed by atoms with Crippen LogP contribution in [0.5, 0.6) is 0 Å². The molecule has 0 heterocycles. The van der Waals surface area contributed by atoms with E-state index in [2.05, 4.69) is 37.9 Å². The molecule has 0 nitrogen and oxygen atoms in total. The van der Waals surface area contributed by atoms with Crippen LogP contribution in [0.1, 0.15) is 16.0 Å². The predicted molar refractivity (Wildman–Crippen MR) is 86.0 cm³/mol. The van der Waals surface area contributed by atoms with Gasteiger partial charge in [0.2, 0.25) is 0 Å². The molecule has 0 radical (unpaired) electrons. The van der Waals surface area contributed by atoms with Crippen LogP contribution in [-0.4, -0.2) is 0 Å². The fraction of sp³-hybridized carbons (Fsp3) is 0.143. The van der Waals surface area contributed by atoms with Gasteiger partial charge in [-0.3, -0.25) is 0 Å².